The van der Waals surface area contributed by atoms with Crippen molar-refractivity contribution >= 4 is 11.6 Å². The van der Waals surface area contributed by atoms with E-state index in [0.29, 0.717) is 6.04 Å². The maximum absolute atomic E-state index is 12.4. The Morgan fingerprint density at radius 1 is 1.33 bits per heavy atom. The van der Waals surface area contributed by atoms with Gasteiger partial charge in [-0.1, -0.05) is 18.9 Å². The van der Waals surface area contributed by atoms with Crippen LogP contribution in [0.15, 0.2) is 18.2 Å². The molecule has 3 nitrogen and oxygen atoms in total. The third kappa shape index (κ3) is 1.98. The van der Waals surface area contributed by atoms with Gasteiger partial charge in [0.1, 0.15) is 0 Å². The summed E-state index contributed by atoms with van der Waals surface area (Å²) in [5.74, 6) is 0.165. The lowest BCUT2D eigenvalue weighted by molar-refractivity contribution is 0.0735. The van der Waals surface area contributed by atoms with E-state index in [0.717, 1.165) is 37.1 Å². The number of anilines is 1. The van der Waals surface area contributed by atoms with E-state index in [2.05, 4.69) is 11.4 Å². The number of hydrogen-bond acceptors (Lipinski definition) is 2. The fraction of sp³-hybridized carbons (Fsp3) is 0.533. The van der Waals surface area contributed by atoms with Crippen molar-refractivity contribution < 1.29 is 4.79 Å². The molecular formula is C15H20N2O. The Morgan fingerprint density at radius 3 is 2.89 bits per heavy atom. The minimum Gasteiger partial charge on any atom is -0.384 e. The molecule has 1 fully saturated rings. The number of fused-ring (bicyclic) bond motifs is 1. The Morgan fingerprint density at radius 2 is 2.11 bits per heavy atom. The van der Waals surface area contributed by atoms with Gasteiger partial charge >= 0.3 is 0 Å². The first-order valence-electron chi connectivity index (χ1n) is 6.89. The van der Waals surface area contributed by atoms with Gasteiger partial charge in [-0.25, -0.2) is 0 Å². The Balaban J connectivity index is 1.79. The molecule has 0 radical (unpaired) electrons. The Kier molecular flexibility index (Phi) is 2.98. The van der Waals surface area contributed by atoms with Gasteiger partial charge in [0.25, 0.3) is 5.91 Å². The van der Waals surface area contributed by atoms with Gasteiger partial charge < -0.3 is 10.2 Å². The molecule has 18 heavy (non-hydrogen) atoms. The zero-order valence-corrected chi connectivity index (χ0v) is 10.9. The average molecular weight is 244 g/mol. The number of hydrogen-bond donors (Lipinski definition) is 1. The van der Waals surface area contributed by atoms with E-state index in [4.69, 9.17) is 0 Å². The lowest BCUT2D eigenvalue weighted by Crippen LogP contribution is -2.35. The predicted molar refractivity (Wildman–Crippen MR) is 73.0 cm³/mol. The number of nitrogens with one attached hydrogen (secondary N) is 1. The zero-order valence-electron chi connectivity index (χ0n) is 10.9. The molecule has 1 aliphatic carbocycles. The number of amides is 1. The molecule has 3 rings (SSSR count). The van der Waals surface area contributed by atoms with Crippen molar-refractivity contribution in [1.82, 2.24) is 4.90 Å². The number of carbonyl (C=O) groups excluding carboxylic acids is 1. The normalized spacial score (nSPS) is 18.5. The van der Waals surface area contributed by atoms with Crippen LogP contribution in [0.1, 0.15) is 41.6 Å². The largest absolute Gasteiger partial charge is 0.384 e. The molecule has 96 valence electrons. The van der Waals surface area contributed by atoms with Crippen LogP contribution in [0.5, 0.6) is 0 Å². The molecule has 0 aromatic heterocycles. The predicted octanol–water partition coefficient (Wildman–Crippen LogP) is 2.67. The third-order valence-electron chi connectivity index (χ3n) is 4.26. The average Bonchev–Trinajstić information content (AvgIpc) is 3.06. The summed E-state index contributed by atoms with van der Waals surface area (Å²) < 4.78 is 0. The summed E-state index contributed by atoms with van der Waals surface area (Å²) in [5, 5.41) is 3.33. The summed E-state index contributed by atoms with van der Waals surface area (Å²) >= 11 is 0. The molecule has 0 unspecified atom stereocenters. The van der Waals surface area contributed by atoms with Crippen molar-refractivity contribution in [2.45, 2.75) is 38.1 Å². The Labute approximate surface area is 108 Å². The molecule has 1 aromatic carbocycles. The van der Waals surface area contributed by atoms with Gasteiger partial charge in [0.15, 0.2) is 0 Å². The molecule has 1 aromatic rings. The van der Waals surface area contributed by atoms with Crippen LogP contribution in [0.2, 0.25) is 0 Å². The molecule has 2 aliphatic rings. The van der Waals surface area contributed by atoms with Gasteiger partial charge in [-0.15, -0.1) is 0 Å². The summed E-state index contributed by atoms with van der Waals surface area (Å²) in [5.41, 5.74) is 3.29. The fourth-order valence-electron chi connectivity index (χ4n) is 3.08. The molecule has 0 spiro atoms. The smallest absolute Gasteiger partial charge is 0.253 e. The van der Waals surface area contributed by atoms with Gasteiger partial charge in [0.2, 0.25) is 0 Å². The highest BCUT2D eigenvalue weighted by atomic mass is 16.2. The molecule has 0 bridgehead atoms. The maximum Gasteiger partial charge on any atom is 0.253 e. The second kappa shape index (κ2) is 4.63. The van der Waals surface area contributed by atoms with Gasteiger partial charge in [-0.05, 0) is 37.0 Å². The van der Waals surface area contributed by atoms with Crippen LogP contribution < -0.4 is 5.32 Å². The minimum absolute atomic E-state index is 0.165. The minimum atomic E-state index is 0.165. The van der Waals surface area contributed by atoms with Crippen LogP contribution in [0.4, 0.5) is 5.69 Å². The molecule has 3 heteroatoms. The lowest BCUT2D eigenvalue weighted by Gasteiger charge is -2.24. The molecule has 1 aliphatic heterocycles. The molecule has 0 atom stereocenters. The van der Waals surface area contributed by atoms with Crippen molar-refractivity contribution in [2.75, 3.05) is 18.9 Å². The topological polar surface area (TPSA) is 32.3 Å². The number of rotatable bonds is 2. The molecule has 1 N–H and O–H groups in total. The fourth-order valence-corrected chi connectivity index (χ4v) is 3.08. The second-order valence-electron chi connectivity index (χ2n) is 5.40. The Hall–Kier alpha value is -1.51. The van der Waals surface area contributed by atoms with Crippen LogP contribution in [-0.2, 0) is 6.42 Å². The van der Waals surface area contributed by atoms with E-state index in [1.54, 1.807) is 0 Å². The van der Waals surface area contributed by atoms with Crippen LogP contribution in [0, 0.1) is 0 Å². The van der Waals surface area contributed by atoms with E-state index >= 15 is 0 Å². The lowest BCUT2D eigenvalue weighted by atomic mass is 10.1. The van der Waals surface area contributed by atoms with Gasteiger partial charge in [0, 0.05) is 30.9 Å². The highest BCUT2D eigenvalue weighted by molar-refractivity contribution is 5.95. The van der Waals surface area contributed by atoms with E-state index < -0.39 is 0 Å². The maximum atomic E-state index is 12.4. The number of benzene rings is 1. The molecule has 0 saturated heterocycles. The van der Waals surface area contributed by atoms with Crippen LogP contribution in [0.25, 0.3) is 0 Å². The highest BCUT2D eigenvalue weighted by Gasteiger charge is 2.24. The second-order valence-corrected chi connectivity index (χ2v) is 5.40. The first-order chi connectivity index (χ1) is 8.75. The van der Waals surface area contributed by atoms with Gasteiger partial charge in [-0.2, -0.15) is 0 Å². The van der Waals surface area contributed by atoms with Crippen LogP contribution in [-0.4, -0.2) is 30.4 Å². The van der Waals surface area contributed by atoms with Crippen molar-refractivity contribution in [3.8, 4) is 0 Å². The van der Waals surface area contributed by atoms with Crippen molar-refractivity contribution in [3.05, 3.63) is 29.3 Å². The number of carbonyl (C=O) groups is 1. The van der Waals surface area contributed by atoms with Gasteiger partial charge in [0.05, 0.1) is 0 Å². The van der Waals surface area contributed by atoms with Crippen LogP contribution >= 0.6 is 0 Å². The van der Waals surface area contributed by atoms with E-state index in [1.165, 1.54) is 18.4 Å². The molecule has 1 amide bonds. The first kappa shape index (κ1) is 11.6. The summed E-state index contributed by atoms with van der Waals surface area (Å²) in [7, 11) is 1.94. The standard InChI is InChI=1S/C15H20N2O/c1-17(13-4-2-3-5-13)15(18)12-7-6-11-8-9-16-14(11)10-12/h6-7,10,13,16H,2-5,8-9H2,1H3. The van der Waals surface area contributed by atoms with E-state index in [9.17, 15) is 4.79 Å². The molecule has 1 saturated carbocycles. The van der Waals surface area contributed by atoms with E-state index in [-0.39, 0.29) is 5.91 Å². The van der Waals surface area contributed by atoms with Crippen molar-refractivity contribution in [2.24, 2.45) is 0 Å². The van der Waals surface area contributed by atoms with Gasteiger partial charge in [-0.3, -0.25) is 4.79 Å². The first-order valence-corrected chi connectivity index (χ1v) is 6.89. The van der Waals surface area contributed by atoms with Crippen LogP contribution in [0.3, 0.4) is 0 Å². The SMILES string of the molecule is CN(C(=O)c1ccc2c(c1)NCC2)C1CCCC1. The van der Waals surface area contributed by atoms with E-state index in [1.807, 2.05) is 24.1 Å². The Bertz CT molecular complexity index is 464. The van der Waals surface area contributed by atoms with Crippen molar-refractivity contribution in [3.63, 3.8) is 0 Å². The molecular weight excluding hydrogens is 224 g/mol. The summed E-state index contributed by atoms with van der Waals surface area (Å²) in [4.78, 5) is 14.4. The third-order valence-corrected chi connectivity index (χ3v) is 4.26. The summed E-state index contributed by atoms with van der Waals surface area (Å²) in [6.07, 6.45) is 5.90. The van der Waals surface area contributed by atoms with Crippen molar-refractivity contribution in [1.29, 1.82) is 0 Å². The summed E-state index contributed by atoms with van der Waals surface area (Å²) in [6.45, 7) is 0.992. The number of nitrogens with zero attached hydrogens (tertiary/aromatic N) is 1. The zero-order chi connectivity index (χ0) is 12.5. The monoisotopic (exact) mass is 244 g/mol. The summed E-state index contributed by atoms with van der Waals surface area (Å²) in [6, 6.07) is 6.51. The quantitative estimate of drug-likeness (QED) is 0.867. The molecule has 1 heterocycles. The highest BCUT2D eigenvalue weighted by Crippen LogP contribution is 2.26.